The molecule has 13 heavy (non-hydrogen) atoms. The third kappa shape index (κ3) is 1.39. The molecule has 0 aromatic heterocycles. The van der Waals surface area contributed by atoms with Crippen LogP contribution in [0, 0.1) is 0 Å². The Hall–Kier alpha value is -0.770. The molecular weight excluding hydrogens is 192 g/mol. The van der Waals surface area contributed by atoms with Gasteiger partial charge in [-0.3, -0.25) is 9.59 Å². The van der Waals surface area contributed by atoms with Gasteiger partial charge >= 0.3 is 0 Å². The van der Waals surface area contributed by atoms with Crippen molar-refractivity contribution in [1.29, 1.82) is 0 Å². The largest absolute Gasteiger partial charge is 0.340 e. The van der Waals surface area contributed by atoms with Gasteiger partial charge < -0.3 is 5.32 Å². The quantitative estimate of drug-likeness (QED) is 0.590. The maximum Gasteiger partial charge on any atom is 0.263 e. The molecule has 4 nitrogen and oxygen atoms in total. The smallest absolute Gasteiger partial charge is 0.263 e. The van der Waals surface area contributed by atoms with E-state index in [1.54, 1.807) is 27.7 Å². The first-order valence-corrected chi connectivity index (χ1v) is 4.36. The summed E-state index contributed by atoms with van der Waals surface area (Å²) in [5, 5.41) is 2.61. The summed E-state index contributed by atoms with van der Waals surface area (Å²) >= 11 is 5.76. The molecule has 0 atom stereocenters. The van der Waals surface area contributed by atoms with E-state index in [9.17, 15) is 9.59 Å². The molecule has 74 valence electrons. The molecule has 1 aliphatic rings. The Bertz CT molecular complexity index is 273. The van der Waals surface area contributed by atoms with Gasteiger partial charge in [-0.1, -0.05) is 0 Å². The van der Waals surface area contributed by atoms with Crippen LogP contribution >= 0.6 is 11.8 Å². The molecular formula is C8H13ClN2O2. The normalized spacial score (nSPS) is 25.8. The van der Waals surface area contributed by atoms with Crippen molar-refractivity contribution in [1.82, 2.24) is 9.74 Å². The molecule has 0 aromatic carbocycles. The maximum atomic E-state index is 11.6. The third-order valence-corrected chi connectivity index (χ3v) is 2.76. The van der Waals surface area contributed by atoms with Crippen molar-refractivity contribution in [3.8, 4) is 0 Å². The van der Waals surface area contributed by atoms with Gasteiger partial charge in [0.05, 0.1) is 0 Å². The van der Waals surface area contributed by atoms with Crippen molar-refractivity contribution >= 4 is 23.6 Å². The van der Waals surface area contributed by atoms with Crippen molar-refractivity contribution in [2.75, 3.05) is 0 Å². The summed E-state index contributed by atoms with van der Waals surface area (Å²) in [6.45, 7) is 6.45. The van der Waals surface area contributed by atoms with Gasteiger partial charge in [-0.2, -0.15) is 0 Å². The summed E-state index contributed by atoms with van der Waals surface area (Å²) in [6.07, 6.45) is 0. The van der Waals surface area contributed by atoms with E-state index < -0.39 is 11.1 Å². The van der Waals surface area contributed by atoms with Gasteiger partial charge in [0.1, 0.15) is 11.1 Å². The Morgan fingerprint density at radius 3 is 2.15 bits per heavy atom. The van der Waals surface area contributed by atoms with E-state index in [1.807, 2.05) is 0 Å². The van der Waals surface area contributed by atoms with E-state index in [1.165, 1.54) is 0 Å². The highest BCUT2D eigenvalue weighted by Crippen LogP contribution is 2.27. The van der Waals surface area contributed by atoms with E-state index >= 15 is 0 Å². The van der Waals surface area contributed by atoms with Gasteiger partial charge in [0.2, 0.25) is 5.91 Å². The van der Waals surface area contributed by atoms with E-state index in [0.29, 0.717) is 0 Å². The predicted octanol–water partition coefficient (Wildman–Crippen LogP) is 0.656. The fraction of sp³-hybridized carbons (Fsp3) is 0.750. The molecule has 0 spiro atoms. The minimum Gasteiger partial charge on any atom is -0.340 e. The summed E-state index contributed by atoms with van der Waals surface area (Å²) < 4.78 is 0.964. The molecule has 0 unspecified atom stereocenters. The molecule has 1 aliphatic heterocycles. The molecule has 0 aliphatic carbocycles. The standard InChI is InChI=1S/C8H13ClN2O2/c1-7(2)6(13)11(9)8(3,4)5(12)10-7/h1-4H3,(H,10,12). The van der Waals surface area contributed by atoms with Crippen LogP contribution < -0.4 is 5.32 Å². The Morgan fingerprint density at radius 1 is 1.23 bits per heavy atom. The lowest BCUT2D eigenvalue weighted by molar-refractivity contribution is -0.152. The van der Waals surface area contributed by atoms with Crippen LogP contribution in [-0.4, -0.2) is 27.3 Å². The van der Waals surface area contributed by atoms with Gasteiger partial charge in [-0.05, 0) is 27.7 Å². The topological polar surface area (TPSA) is 49.4 Å². The van der Waals surface area contributed by atoms with Crippen LogP contribution in [0.1, 0.15) is 27.7 Å². The van der Waals surface area contributed by atoms with Gasteiger partial charge in [-0.25, -0.2) is 4.42 Å². The highest BCUT2D eigenvalue weighted by atomic mass is 35.5. The van der Waals surface area contributed by atoms with Crippen LogP contribution in [0.4, 0.5) is 0 Å². The van der Waals surface area contributed by atoms with E-state index in [0.717, 1.165) is 4.42 Å². The molecule has 0 bridgehead atoms. The lowest BCUT2D eigenvalue weighted by Crippen LogP contribution is -2.69. The number of hydrogen-bond donors (Lipinski definition) is 1. The summed E-state index contributed by atoms with van der Waals surface area (Å²) in [6, 6.07) is 0. The van der Waals surface area contributed by atoms with E-state index in [2.05, 4.69) is 5.32 Å². The zero-order valence-corrected chi connectivity index (χ0v) is 8.90. The Kier molecular flexibility index (Phi) is 2.07. The molecule has 1 heterocycles. The predicted molar refractivity (Wildman–Crippen MR) is 49.0 cm³/mol. The molecule has 0 aromatic rings. The molecule has 1 N–H and O–H groups in total. The fourth-order valence-corrected chi connectivity index (χ4v) is 1.37. The van der Waals surface area contributed by atoms with Gasteiger partial charge in [0, 0.05) is 11.8 Å². The SMILES string of the molecule is CC1(C)NC(=O)C(C)(C)N(Cl)C1=O. The number of hydrogen-bond acceptors (Lipinski definition) is 2. The monoisotopic (exact) mass is 204 g/mol. The second kappa shape index (κ2) is 2.61. The van der Waals surface area contributed by atoms with Crippen LogP contribution in [0.3, 0.4) is 0 Å². The number of nitrogens with one attached hydrogen (secondary N) is 1. The molecule has 0 saturated carbocycles. The molecule has 1 saturated heterocycles. The van der Waals surface area contributed by atoms with Crippen molar-refractivity contribution in [2.45, 2.75) is 38.8 Å². The minimum atomic E-state index is -0.978. The number of halogens is 1. The number of piperazine rings is 1. The number of rotatable bonds is 0. The zero-order valence-electron chi connectivity index (χ0n) is 8.14. The molecule has 5 heteroatoms. The van der Waals surface area contributed by atoms with Crippen LogP contribution in [0.15, 0.2) is 0 Å². The van der Waals surface area contributed by atoms with Crippen LogP contribution in [0.2, 0.25) is 0 Å². The van der Waals surface area contributed by atoms with E-state index in [4.69, 9.17) is 11.8 Å². The van der Waals surface area contributed by atoms with Crippen molar-refractivity contribution < 1.29 is 9.59 Å². The molecule has 1 fully saturated rings. The fourth-order valence-electron chi connectivity index (χ4n) is 1.08. The molecule has 1 rings (SSSR count). The average Bonchev–Trinajstić information content (AvgIpc) is 1.98. The first kappa shape index (κ1) is 10.3. The average molecular weight is 205 g/mol. The lowest BCUT2D eigenvalue weighted by atomic mass is 9.93. The van der Waals surface area contributed by atoms with Crippen LogP contribution in [0.5, 0.6) is 0 Å². The summed E-state index contributed by atoms with van der Waals surface area (Å²) in [4.78, 5) is 23.1. The van der Waals surface area contributed by atoms with Crippen LogP contribution in [-0.2, 0) is 9.59 Å². The zero-order chi connectivity index (χ0) is 10.4. The molecule has 0 radical (unpaired) electrons. The number of carbonyl (C=O) groups is 2. The minimum absolute atomic E-state index is 0.243. The number of carbonyl (C=O) groups excluding carboxylic acids is 2. The van der Waals surface area contributed by atoms with Gasteiger partial charge in [-0.15, -0.1) is 0 Å². The first-order valence-electron chi connectivity index (χ1n) is 4.02. The van der Waals surface area contributed by atoms with Crippen molar-refractivity contribution in [2.24, 2.45) is 0 Å². The number of amides is 2. The summed E-state index contributed by atoms with van der Waals surface area (Å²) in [5.41, 5.74) is -1.89. The second-order valence-electron chi connectivity index (χ2n) is 4.22. The summed E-state index contributed by atoms with van der Waals surface area (Å²) in [5.74, 6) is -0.536. The number of nitrogens with zero attached hydrogens (tertiary/aromatic N) is 1. The molecule has 2 amide bonds. The van der Waals surface area contributed by atoms with Crippen molar-refractivity contribution in [3.05, 3.63) is 0 Å². The van der Waals surface area contributed by atoms with E-state index in [-0.39, 0.29) is 11.8 Å². The van der Waals surface area contributed by atoms with Gasteiger partial charge in [0.25, 0.3) is 5.91 Å². The maximum absolute atomic E-state index is 11.6. The lowest BCUT2D eigenvalue weighted by Gasteiger charge is -2.43. The highest BCUT2D eigenvalue weighted by Gasteiger charge is 2.49. The first-order chi connectivity index (χ1) is 5.69. The summed E-state index contributed by atoms with van der Waals surface area (Å²) in [7, 11) is 0. The van der Waals surface area contributed by atoms with Crippen molar-refractivity contribution in [3.63, 3.8) is 0 Å². The Labute approximate surface area is 82.3 Å². The van der Waals surface area contributed by atoms with Gasteiger partial charge in [0.15, 0.2) is 0 Å². The second-order valence-corrected chi connectivity index (χ2v) is 4.56. The third-order valence-electron chi connectivity index (χ3n) is 2.19. The Morgan fingerprint density at radius 2 is 1.69 bits per heavy atom. The highest BCUT2D eigenvalue weighted by molar-refractivity contribution is 6.26. The van der Waals surface area contributed by atoms with Crippen LogP contribution in [0.25, 0.3) is 0 Å². The Balaban J connectivity index is 3.07.